The van der Waals surface area contributed by atoms with Crippen molar-refractivity contribution < 1.29 is 27.8 Å². The predicted molar refractivity (Wildman–Crippen MR) is 153 cm³/mol. The molecule has 0 spiro atoms. The van der Waals surface area contributed by atoms with Gasteiger partial charge in [-0.05, 0) is 92.0 Å². The van der Waals surface area contributed by atoms with E-state index in [1.54, 1.807) is 4.90 Å². The molecule has 1 unspecified atom stereocenters. The molecule has 8 heteroatoms. The molecule has 1 saturated heterocycles. The smallest absolute Gasteiger partial charge is 0.410 e. The fourth-order valence-corrected chi connectivity index (χ4v) is 5.87. The van der Waals surface area contributed by atoms with Gasteiger partial charge in [0.1, 0.15) is 23.8 Å². The van der Waals surface area contributed by atoms with Crippen molar-refractivity contribution in [2.45, 2.75) is 57.6 Å². The molecule has 1 atom stereocenters. The summed E-state index contributed by atoms with van der Waals surface area (Å²) in [6.07, 6.45) is 0.260. The number of piperidine rings is 1. The molecule has 1 heterocycles. The van der Waals surface area contributed by atoms with Crippen molar-refractivity contribution in [2.75, 3.05) is 19.7 Å². The van der Waals surface area contributed by atoms with Gasteiger partial charge in [-0.2, -0.15) is 0 Å². The third-order valence-corrected chi connectivity index (χ3v) is 7.85. The van der Waals surface area contributed by atoms with E-state index in [2.05, 4.69) is 29.6 Å². The van der Waals surface area contributed by atoms with Crippen LogP contribution in [0.2, 0.25) is 0 Å². The highest BCUT2D eigenvalue weighted by Gasteiger charge is 2.33. The first-order chi connectivity index (χ1) is 19.6. The van der Waals surface area contributed by atoms with Crippen molar-refractivity contribution in [2.24, 2.45) is 5.92 Å². The van der Waals surface area contributed by atoms with Gasteiger partial charge in [0, 0.05) is 25.0 Å². The third kappa shape index (κ3) is 6.69. The Bertz CT molecular complexity index is 1370. The Morgan fingerprint density at radius 3 is 2.17 bits per heavy atom. The molecule has 1 aliphatic heterocycles. The van der Waals surface area contributed by atoms with E-state index in [1.165, 1.54) is 0 Å². The van der Waals surface area contributed by atoms with E-state index in [9.17, 15) is 18.4 Å². The average Bonchev–Trinajstić information content (AvgIpc) is 3.26. The van der Waals surface area contributed by atoms with Crippen LogP contribution in [0.15, 0.2) is 66.7 Å². The number of carbonyl (C=O) groups excluding carboxylic acids is 2. The fourth-order valence-electron chi connectivity index (χ4n) is 5.87. The molecule has 216 valence electrons. The zero-order chi connectivity index (χ0) is 29.1. The number of fused-ring (bicyclic) bond motifs is 3. The van der Waals surface area contributed by atoms with Gasteiger partial charge in [-0.15, -0.1) is 0 Å². The monoisotopic (exact) mass is 562 g/mol. The minimum atomic E-state index is -0.608. The van der Waals surface area contributed by atoms with Gasteiger partial charge in [0.2, 0.25) is 0 Å². The number of hydrogen-bond donors (Lipinski definition) is 1. The Labute approximate surface area is 239 Å². The highest BCUT2D eigenvalue weighted by molar-refractivity contribution is 5.79. The first-order valence-corrected chi connectivity index (χ1v) is 14.1. The maximum atomic E-state index is 14.6. The zero-order valence-corrected chi connectivity index (χ0v) is 23.7. The molecular formula is C33H36F2N2O4. The fraction of sp³-hybridized carbons (Fsp3) is 0.394. The van der Waals surface area contributed by atoms with Gasteiger partial charge in [-0.25, -0.2) is 18.4 Å². The maximum absolute atomic E-state index is 14.6. The molecule has 0 radical (unpaired) electrons. The van der Waals surface area contributed by atoms with Crippen LogP contribution in [0.25, 0.3) is 11.1 Å². The lowest BCUT2D eigenvalue weighted by Crippen LogP contribution is -2.48. The zero-order valence-electron chi connectivity index (χ0n) is 23.7. The summed E-state index contributed by atoms with van der Waals surface area (Å²) >= 11 is 0. The second kappa shape index (κ2) is 11.9. The summed E-state index contributed by atoms with van der Waals surface area (Å²) in [6, 6.07) is 19.0. The van der Waals surface area contributed by atoms with Crippen molar-refractivity contribution in [3.8, 4) is 11.1 Å². The molecule has 1 aliphatic carbocycles. The molecule has 3 aromatic rings. The van der Waals surface area contributed by atoms with Crippen LogP contribution < -0.4 is 5.32 Å². The number of amides is 2. The summed E-state index contributed by atoms with van der Waals surface area (Å²) in [5, 5.41) is 2.95. The number of likely N-dealkylation sites (tertiary alicyclic amines) is 1. The normalized spacial score (nSPS) is 16.1. The van der Waals surface area contributed by atoms with Gasteiger partial charge < -0.3 is 19.7 Å². The molecule has 0 aromatic heterocycles. The second-order valence-corrected chi connectivity index (χ2v) is 11.8. The Balaban J connectivity index is 1.27. The van der Waals surface area contributed by atoms with Crippen LogP contribution in [-0.2, 0) is 15.9 Å². The van der Waals surface area contributed by atoms with E-state index in [4.69, 9.17) is 9.47 Å². The molecule has 6 nitrogen and oxygen atoms in total. The topological polar surface area (TPSA) is 67.9 Å². The molecule has 0 saturated carbocycles. The average molecular weight is 563 g/mol. The van der Waals surface area contributed by atoms with Gasteiger partial charge in [0.15, 0.2) is 0 Å². The lowest BCUT2D eigenvalue weighted by atomic mass is 9.86. The molecule has 1 N–H and O–H groups in total. The highest BCUT2D eigenvalue weighted by Crippen LogP contribution is 2.44. The number of carbonyl (C=O) groups is 2. The standard InChI is InChI=1S/C33H36F2N2O4/c1-33(2,3)41-32(39)37-16-14-21(15-17-37)30(19-22-18-23(34)12-13-29(22)35)36-31(38)40-20-28-26-10-6-4-8-24(26)25-9-5-7-11-27(25)28/h4-13,18,21,28,30H,14-17,19-20H2,1-3H3,(H,36,38). The molecule has 5 rings (SSSR count). The van der Waals surface area contributed by atoms with Crippen LogP contribution in [0.1, 0.15) is 56.2 Å². The number of alkyl carbamates (subject to hydrolysis) is 1. The number of halogens is 2. The van der Waals surface area contributed by atoms with E-state index in [0.29, 0.717) is 25.9 Å². The van der Waals surface area contributed by atoms with Crippen molar-refractivity contribution in [1.82, 2.24) is 10.2 Å². The molecule has 0 bridgehead atoms. The number of nitrogens with zero attached hydrogens (tertiary/aromatic N) is 1. The van der Waals surface area contributed by atoms with E-state index in [0.717, 1.165) is 40.5 Å². The van der Waals surface area contributed by atoms with Crippen molar-refractivity contribution in [1.29, 1.82) is 0 Å². The van der Waals surface area contributed by atoms with Crippen molar-refractivity contribution in [3.05, 3.63) is 95.1 Å². The highest BCUT2D eigenvalue weighted by atomic mass is 19.1. The first-order valence-electron chi connectivity index (χ1n) is 14.1. The number of ether oxygens (including phenoxy) is 2. The van der Waals surface area contributed by atoms with Gasteiger partial charge in [0.25, 0.3) is 0 Å². The summed E-state index contributed by atoms with van der Waals surface area (Å²) in [5.41, 5.74) is 4.06. The summed E-state index contributed by atoms with van der Waals surface area (Å²) in [6.45, 7) is 6.48. The van der Waals surface area contributed by atoms with Gasteiger partial charge in [0.05, 0.1) is 0 Å². The maximum Gasteiger partial charge on any atom is 0.410 e. The second-order valence-electron chi connectivity index (χ2n) is 11.8. The SMILES string of the molecule is CC(C)(C)OC(=O)N1CCC(C(Cc2cc(F)ccc2F)NC(=O)OCC2c3ccccc3-c3ccccc32)CC1. The predicted octanol–water partition coefficient (Wildman–Crippen LogP) is 7.06. The van der Waals surface area contributed by atoms with Crippen LogP contribution in [0.3, 0.4) is 0 Å². The summed E-state index contributed by atoms with van der Waals surface area (Å²) in [7, 11) is 0. The van der Waals surface area contributed by atoms with Gasteiger partial charge >= 0.3 is 12.2 Å². The Hall–Kier alpha value is -3.94. The van der Waals surface area contributed by atoms with Gasteiger partial charge in [-0.3, -0.25) is 0 Å². The Morgan fingerprint density at radius 2 is 1.56 bits per heavy atom. The lowest BCUT2D eigenvalue weighted by Gasteiger charge is -2.37. The molecule has 3 aromatic carbocycles. The number of hydrogen-bond acceptors (Lipinski definition) is 4. The largest absolute Gasteiger partial charge is 0.449 e. The number of nitrogens with one attached hydrogen (secondary N) is 1. The summed E-state index contributed by atoms with van der Waals surface area (Å²) < 4.78 is 39.9. The number of benzene rings is 3. The van der Waals surface area contributed by atoms with Crippen molar-refractivity contribution in [3.63, 3.8) is 0 Å². The minimum absolute atomic E-state index is 0.0724. The molecule has 41 heavy (non-hydrogen) atoms. The van der Waals surface area contributed by atoms with Crippen LogP contribution >= 0.6 is 0 Å². The summed E-state index contributed by atoms with van der Waals surface area (Å²) in [5.74, 6) is -1.24. The van der Waals surface area contributed by atoms with Crippen LogP contribution in [-0.4, -0.2) is 48.4 Å². The minimum Gasteiger partial charge on any atom is -0.449 e. The third-order valence-electron chi connectivity index (χ3n) is 7.85. The van der Waals surface area contributed by atoms with Crippen LogP contribution in [0.5, 0.6) is 0 Å². The molecular weight excluding hydrogens is 526 g/mol. The van der Waals surface area contributed by atoms with Crippen LogP contribution in [0.4, 0.5) is 18.4 Å². The summed E-state index contributed by atoms with van der Waals surface area (Å²) in [4.78, 5) is 27.4. The quantitative estimate of drug-likeness (QED) is 0.349. The van der Waals surface area contributed by atoms with Gasteiger partial charge in [-0.1, -0.05) is 48.5 Å². The van der Waals surface area contributed by atoms with Crippen LogP contribution in [0, 0.1) is 17.6 Å². The van der Waals surface area contributed by atoms with Crippen molar-refractivity contribution >= 4 is 12.2 Å². The van der Waals surface area contributed by atoms with E-state index < -0.39 is 29.4 Å². The number of rotatable bonds is 6. The van der Waals surface area contributed by atoms with E-state index in [-0.39, 0.29) is 36.5 Å². The van der Waals surface area contributed by atoms with E-state index >= 15 is 0 Å². The van der Waals surface area contributed by atoms with E-state index in [1.807, 2.05) is 45.0 Å². The molecule has 2 amide bonds. The first kappa shape index (κ1) is 28.6. The Kier molecular flexibility index (Phi) is 8.29. The molecule has 1 fully saturated rings. The molecule has 2 aliphatic rings. The lowest BCUT2D eigenvalue weighted by molar-refractivity contribution is 0.0167. The Morgan fingerprint density at radius 1 is 0.951 bits per heavy atom.